The fourth-order valence-electron chi connectivity index (χ4n) is 2.54. The highest BCUT2D eigenvalue weighted by atomic mass is 16.6. The predicted molar refractivity (Wildman–Crippen MR) is 105 cm³/mol. The van der Waals surface area contributed by atoms with Crippen LogP contribution in [0.5, 0.6) is 0 Å². The van der Waals surface area contributed by atoms with Gasteiger partial charge in [-0.05, 0) is 30.4 Å². The first kappa shape index (κ1) is 19.4. The van der Waals surface area contributed by atoms with Gasteiger partial charge in [0.25, 0.3) is 0 Å². The van der Waals surface area contributed by atoms with Crippen LogP contribution >= 0.6 is 0 Å². The number of guanidine groups is 1. The van der Waals surface area contributed by atoms with E-state index in [1.165, 1.54) is 0 Å². The van der Waals surface area contributed by atoms with Crippen LogP contribution in [0.4, 0.5) is 9.59 Å². The van der Waals surface area contributed by atoms with E-state index in [0.29, 0.717) is 0 Å². The van der Waals surface area contributed by atoms with Crippen LogP contribution in [0.15, 0.2) is 65.7 Å². The van der Waals surface area contributed by atoms with Crippen molar-refractivity contribution in [2.24, 2.45) is 4.99 Å². The highest BCUT2D eigenvalue weighted by Gasteiger charge is 2.20. The smallest absolute Gasteiger partial charge is 0.437 e. The zero-order chi connectivity index (χ0) is 19.6. The van der Waals surface area contributed by atoms with Crippen molar-refractivity contribution < 1.29 is 19.1 Å². The summed E-state index contributed by atoms with van der Waals surface area (Å²) in [5.74, 6) is 0.0424. The molecule has 0 aromatic heterocycles. The third-order valence-corrected chi connectivity index (χ3v) is 4.29. The van der Waals surface area contributed by atoms with Crippen molar-refractivity contribution in [3.05, 3.63) is 71.8 Å². The van der Waals surface area contributed by atoms with Crippen LogP contribution in [0.3, 0.4) is 0 Å². The van der Waals surface area contributed by atoms with Gasteiger partial charge in [0.15, 0.2) is 0 Å². The number of hydrogen-bond acceptors (Lipinski definition) is 4. The fraction of sp³-hybridized carbons (Fsp3) is 0.286. The zero-order valence-electron chi connectivity index (χ0n) is 15.5. The number of amides is 2. The van der Waals surface area contributed by atoms with Crippen molar-refractivity contribution in [1.29, 1.82) is 0 Å². The SMILES string of the molecule is O=C(/N=C(/NC(=O)OCc1ccccc1)NC1CCC1)OCc1ccccc1. The molecule has 1 saturated carbocycles. The van der Waals surface area contributed by atoms with Crippen molar-refractivity contribution in [3.8, 4) is 0 Å². The quantitative estimate of drug-likeness (QED) is 0.608. The molecule has 0 saturated heterocycles. The Labute approximate surface area is 163 Å². The Morgan fingerprint density at radius 2 is 1.46 bits per heavy atom. The molecular weight excluding hydrogens is 358 g/mol. The van der Waals surface area contributed by atoms with Crippen LogP contribution in [-0.2, 0) is 22.7 Å². The lowest BCUT2D eigenvalue weighted by Crippen LogP contribution is -2.48. The van der Waals surface area contributed by atoms with Crippen LogP contribution in [0.25, 0.3) is 0 Å². The van der Waals surface area contributed by atoms with Gasteiger partial charge in [0.1, 0.15) is 13.2 Å². The summed E-state index contributed by atoms with van der Waals surface area (Å²) < 4.78 is 10.3. The second-order valence-electron chi connectivity index (χ2n) is 6.46. The molecule has 0 radical (unpaired) electrons. The molecule has 2 aromatic carbocycles. The fourth-order valence-corrected chi connectivity index (χ4v) is 2.54. The Balaban J connectivity index is 1.53. The normalized spacial score (nSPS) is 13.9. The number of rotatable bonds is 5. The first-order valence-electron chi connectivity index (χ1n) is 9.22. The van der Waals surface area contributed by atoms with E-state index in [-0.39, 0.29) is 25.2 Å². The van der Waals surface area contributed by atoms with Gasteiger partial charge < -0.3 is 14.8 Å². The summed E-state index contributed by atoms with van der Waals surface area (Å²) in [6.07, 6.45) is 1.54. The minimum atomic E-state index is -0.783. The van der Waals surface area contributed by atoms with E-state index in [4.69, 9.17) is 9.47 Å². The molecule has 7 nitrogen and oxygen atoms in total. The van der Waals surface area contributed by atoms with Crippen LogP contribution in [0.2, 0.25) is 0 Å². The van der Waals surface area contributed by atoms with Crippen molar-refractivity contribution in [2.75, 3.05) is 0 Å². The van der Waals surface area contributed by atoms with Gasteiger partial charge in [0, 0.05) is 6.04 Å². The minimum absolute atomic E-state index is 0.0424. The Hall–Kier alpha value is -3.35. The van der Waals surface area contributed by atoms with E-state index >= 15 is 0 Å². The molecule has 2 aromatic rings. The molecule has 2 N–H and O–H groups in total. The van der Waals surface area contributed by atoms with Crippen LogP contribution in [0.1, 0.15) is 30.4 Å². The Kier molecular flexibility index (Phi) is 7.01. The van der Waals surface area contributed by atoms with Crippen molar-refractivity contribution in [3.63, 3.8) is 0 Å². The lowest BCUT2D eigenvalue weighted by atomic mass is 9.93. The number of alkyl carbamates (subject to hydrolysis) is 1. The van der Waals surface area contributed by atoms with E-state index < -0.39 is 12.2 Å². The number of carbonyl (C=O) groups is 2. The van der Waals surface area contributed by atoms with Crippen LogP contribution < -0.4 is 10.6 Å². The summed E-state index contributed by atoms with van der Waals surface area (Å²) in [5.41, 5.74) is 1.72. The number of hydrogen-bond donors (Lipinski definition) is 2. The monoisotopic (exact) mass is 381 g/mol. The number of benzene rings is 2. The van der Waals surface area contributed by atoms with E-state index in [2.05, 4.69) is 15.6 Å². The summed E-state index contributed by atoms with van der Waals surface area (Å²) in [4.78, 5) is 27.9. The van der Waals surface area contributed by atoms with E-state index in [9.17, 15) is 9.59 Å². The first-order chi connectivity index (χ1) is 13.7. The van der Waals surface area contributed by atoms with Crippen LogP contribution in [0, 0.1) is 0 Å². The summed E-state index contributed by atoms with van der Waals surface area (Å²) in [7, 11) is 0. The summed E-state index contributed by atoms with van der Waals surface area (Å²) in [6.45, 7) is 0.236. The number of ether oxygens (including phenoxy) is 2. The van der Waals surface area contributed by atoms with Crippen LogP contribution in [-0.4, -0.2) is 24.2 Å². The third-order valence-electron chi connectivity index (χ3n) is 4.29. The number of nitrogens with zero attached hydrogens (tertiary/aromatic N) is 1. The molecule has 1 fully saturated rings. The molecular formula is C21H23N3O4. The number of nitrogens with one attached hydrogen (secondary N) is 2. The third kappa shape index (κ3) is 6.42. The molecule has 0 heterocycles. The lowest BCUT2D eigenvalue weighted by Gasteiger charge is -2.27. The van der Waals surface area contributed by atoms with Gasteiger partial charge in [-0.1, -0.05) is 60.7 Å². The molecule has 2 amide bonds. The average Bonchev–Trinajstić information content (AvgIpc) is 2.69. The predicted octanol–water partition coefficient (Wildman–Crippen LogP) is 3.75. The largest absolute Gasteiger partial charge is 0.444 e. The molecule has 146 valence electrons. The Bertz CT molecular complexity index is 805. The maximum atomic E-state index is 12.1. The summed E-state index contributed by atoms with van der Waals surface area (Å²) >= 11 is 0. The van der Waals surface area contributed by atoms with Gasteiger partial charge in [0.05, 0.1) is 0 Å². The molecule has 7 heteroatoms. The molecule has 3 rings (SSSR count). The molecule has 1 aliphatic rings. The minimum Gasteiger partial charge on any atom is -0.444 e. The average molecular weight is 381 g/mol. The zero-order valence-corrected chi connectivity index (χ0v) is 15.5. The van der Waals surface area contributed by atoms with E-state index in [1.807, 2.05) is 60.7 Å². The molecule has 0 aliphatic heterocycles. The van der Waals surface area contributed by atoms with Gasteiger partial charge in [-0.3, -0.25) is 5.32 Å². The van der Waals surface area contributed by atoms with Gasteiger partial charge in [-0.15, -0.1) is 4.99 Å². The van der Waals surface area contributed by atoms with Gasteiger partial charge in [0.2, 0.25) is 5.96 Å². The summed E-state index contributed by atoms with van der Waals surface area (Å²) in [5, 5.41) is 5.54. The van der Waals surface area contributed by atoms with Gasteiger partial charge in [-0.25, -0.2) is 9.59 Å². The van der Waals surface area contributed by atoms with Crippen molar-refractivity contribution >= 4 is 18.1 Å². The topological polar surface area (TPSA) is 89.0 Å². The molecule has 28 heavy (non-hydrogen) atoms. The number of aliphatic imine (C=N–C) groups is 1. The first-order valence-corrected chi connectivity index (χ1v) is 9.22. The lowest BCUT2D eigenvalue weighted by molar-refractivity contribution is 0.144. The molecule has 0 unspecified atom stereocenters. The molecule has 0 bridgehead atoms. The summed E-state index contributed by atoms with van der Waals surface area (Å²) in [6, 6.07) is 18.8. The van der Waals surface area contributed by atoms with Gasteiger partial charge in [-0.2, -0.15) is 0 Å². The Morgan fingerprint density at radius 1 is 0.893 bits per heavy atom. The van der Waals surface area contributed by atoms with E-state index in [0.717, 1.165) is 30.4 Å². The standard InChI is InChI=1S/C21H23N3O4/c25-20(27-14-16-8-3-1-4-9-16)23-19(22-18-12-7-13-18)24-21(26)28-15-17-10-5-2-6-11-17/h1-6,8-11,18H,7,12-15H2,(H2,22,23,24,25,26). The molecule has 1 aliphatic carbocycles. The molecule has 0 spiro atoms. The maximum absolute atomic E-state index is 12.1. The highest BCUT2D eigenvalue weighted by molar-refractivity contribution is 5.98. The van der Waals surface area contributed by atoms with Gasteiger partial charge >= 0.3 is 12.2 Å². The number of carbonyl (C=O) groups excluding carboxylic acids is 2. The maximum Gasteiger partial charge on any atom is 0.437 e. The second kappa shape index (κ2) is 10.1. The highest BCUT2D eigenvalue weighted by Crippen LogP contribution is 2.17. The van der Waals surface area contributed by atoms with Crippen molar-refractivity contribution in [2.45, 2.75) is 38.5 Å². The molecule has 0 atom stereocenters. The Morgan fingerprint density at radius 3 is 2.00 bits per heavy atom. The van der Waals surface area contributed by atoms with Crippen molar-refractivity contribution in [1.82, 2.24) is 10.6 Å². The second-order valence-corrected chi connectivity index (χ2v) is 6.46. The van der Waals surface area contributed by atoms with E-state index in [1.54, 1.807) is 0 Å².